The molecular formula is C18H32N3O2S+. The summed E-state index contributed by atoms with van der Waals surface area (Å²) in [6, 6.07) is 0.0288. The van der Waals surface area contributed by atoms with Crippen molar-refractivity contribution in [3.8, 4) is 0 Å². The molecule has 2 fully saturated rings. The molecule has 0 radical (unpaired) electrons. The number of nitrogens with zero attached hydrogens (tertiary/aromatic N) is 2. The van der Waals surface area contributed by atoms with Crippen molar-refractivity contribution in [1.82, 2.24) is 9.78 Å². The normalized spacial score (nSPS) is 25.9. The maximum absolute atomic E-state index is 11.8. The highest BCUT2D eigenvalue weighted by Crippen LogP contribution is 2.26. The summed E-state index contributed by atoms with van der Waals surface area (Å²) in [7, 11) is -0.590. The van der Waals surface area contributed by atoms with Crippen LogP contribution in [0.1, 0.15) is 61.5 Å². The molecule has 0 bridgehead atoms. The second-order valence-electron chi connectivity index (χ2n) is 7.99. The molecule has 3 rings (SSSR count). The molecule has 1 N–H and O–H groups in total. The monoisotopic (exact) mass is 354 g/mol. The van der Waals surface area contributed by atoms with E-state index < -0.39 is 9.84 Å². The van der Waals surface area contributed by atoms with Crippen molar-refractivity contribution in [3.05, 3.63) is 17.0 Å². The Kier molecular flexibility index (Phi) is 5.35. The van der Waals surface area contributed by atoms with E-state index in [1.807, 2.05) is 4.68 Å². The molecule has 1 unspecified atom stereocenters. The number of aromatic nitrogens is 2. The molecule has 2 heterocycles. The molecule has 0 aromatic carbocycles. The molecular weight excluding hydrogens is 322 g/mol. The molecule has 1 aromatic heterocycles. The minimum Gasteiger partial charge on any atom is -0.333 e. The van der Waals surface area contributed by atoms with Gasteiger partial charge in [-0.05, 0) is 33.1 Å². The van der Waals surface area contributed by atoms with Crippen LogP contribution in [0.3, 0.4) is 0 Å². The third kappa shape index (κ3) is 4.02. The molecule has 0 amide bonds. The highest BCUT2D eigenvalue weighted by atomic mass is 32.2. The standard InChI is InChI=1S/C18H31N3O2S/c1-14-18(12-20(3)11-16-7-5-4-6-8-16)15(2)21(19-14)17-9-10-24(22,23)13-17/h16-17H,4-13H2,1-3H3/p+1/t17-/m1/s1. The Hall–Kier alpha value is -0.880. The van der Waals surface area contributed by atoms with Crippen LogP contribution < -0.4 is 4.90 Å². The van der Waals surface area contributed by atoms with Gasteiger partial charge in [0.05, 0.1) is 42.4 Å². The van der Waals surface area contributed by atoms with Gasteiger partial charge in [-0.3, -0.25) is 4.68 Å². The molecule has 24 heavy (non-hydrogen) atoms. The number of nitrogens with one attached hydrogen (secondary N) is 1. The van der Waals surface area contributed by atoms with Gasteiger partial charge in [-0.25, -0.2) is 8.42 Å². The van der Waals surface area contributed by atoms with Gasteiger partial charge in [0.25, 0.3) is 0 Å². The molecule has 136 valence electrons. The summed E-state index contributed by atoms with van der Waals surface area (Å²) in [4.78, 5) is 1.55. The van der Waals surface area contributed by atoms with Crippen LogP contribution in [0.15, 0.2) is 0 Å². The summed E-state index contributed by atoms with van der Waals surface area (Å²) in [5.41, 5.74) is 3.55. The average Bonchev–Trinajstić information content (AvgIpc) is 3.02. The van der Waals surface area contributed by atoms with Crippen molar-refractivity contribution >= 4 is 9.84 Å². The van der Waals surface area contributed by atoms with E-state index in [9.17, 15) is 8.42 Å². The highest BCUT2D eigenvalue weighted by Gasteiger charge is 2.32. The van der Waals surface area contributed by atoms with Crippen molar-refractivity contribution in [3.63, 3.8) is 0 Å². The molecule has 0 spiro atoms. The van der Waals surface area contributed by atoms with Crippen LogP contribution in [-0.2, 0) is 16.4 Å². The van der Waals surface area contributed by atoms with Gasteiger partial charge in [0, 0.05) is 11.6 Å². The van der Waals surface area contributed by atoms with E-state index in [2.05, 4.69) is 20.9 Å². The quantitative estimate of drug-likeness (QED) is 0.871. The molecule has 1 aliphatic carbocycles. The van der Waals surface area contributed by atoms with Gasteiger partial charge in [-0.15, -0.1) is 0 Å². The van der Waals surface area contributed by atoms with Crippen LogP contribution in [0.5, 0.6) is 0 Å². The molecule has 1 aromatic rings. The highest BCUT2D eigenvalue weighted by molar-refractivity contribution is 7.91. The van der Waals surface area contributed by atoms with E-state index >= 15 is 0 Å². The summed E-state index contributed by atoms with van der Waals surface area (Å²) in [6.45, 7) is 6.40. The number of hydrogen-bond donors (Lipinski definition) is 1. The van der Waals surface area contributed by atoms with Crippen LogP contribution in [0.25, 0.3) is 0 Å². The minimum absolute atomic E-state index is 0.0288. The van der Waals surface area contributed by atoms with E-state index in [0.29, 0.717) is 12.2 Å². The lowest BCUT2D eigenvalue weighted by molar-refractivity contribution is -0.897. The van der Waals surface area contributed by atoms with E-state index in [1.54, 1.807) is 4.90 Å². The summed E-state index contributed by atoms with van der Waals surface area (Å²) in [5.74, 6) is 1.42. The first-order chi connectivity index (χ1) is 11.4. The van der Waals surface area contributed by atoms with Crippen molar-refractivity contribution in [2.45, 2.75) is 65.0 Å². The predicted molar refractivity (Wildman–Crippen MR) is 96.0 cm³/mol. The largest absolute Gasteiger partial charge is 0.333 e. The van der Waals surface area contributed by atoms with Gasteiger partial charge >= 0.3 is 0 Å². The van der Waals surface area contributed by atoms with Crippen LogP contribution in [0, 0.1) is 19.8 Å². The zero-order valence-corrected chi connectivity index (χ0v) is 16.2. The van der Waals surface area contributed by atoms with Crippen LogP contribution in [0.2, 0.25) is 0 Å². The van der Waals surface area contributed by atoms with Crippen molar-refractivity contribution in [2.75, 3.05) is 25.1 Å². The molecule has 2 aliphatic rings. The van der Waals surface area contributed by atoms with Gasteiger partial charge in [-0.1, -0.05) is 19.3 Å². The van der Waals surface area contributed by atoms with Gasteiger partial charge in [0.1, 0.15) is 6.54 Å². The number of aryl methyl sites for hydroxylation is 1. The van der Waals surface area contributed by atoms with Crippen molar-refractivity contribution < 1.29 is 13.3 Å². The zero-order valence-electron chi connectivity index (χ0n) is 15.3. The molecule has 1 aliphatic heterocycles. The zero-order chi connectivity index (χ0) is 17.3. The smallest absolute Gasteiger partial charge is 0.152 e. The van der Waals surface area contributed by atoms with Crippen LogP contribution in [0.4, 0.5) is 0 Å². The third-order valence-corrected chi connectivity index (χ3v) is 7.62. The summed E-state index contributed by atoms with van der Waals surface area (Å²) < 4.78 is 25.5. The lowest BCUT2D eigenvalue weighted by Crippen LogP contribution is -3.08. The minimum atomic E-state index is -2.87. The molecule has 5 nitrogen and oxygen atoms in total. The van der Waals surface area contributed by atoms with Crippen molar-refractivity contribution in [2.24, 2.45) is 5.92 Å². The van der Waals surface area contributed by atoms with E-state index in [0.717, 1.165) is 23.9 Å². The fourth-order valence-electron chi connectivity index (χ4n) is 4.53. The SMILES string of the molecule is Cc1nn([C@@H]2CCS(=O)(=O)C2)c(C)c1C[NH+](C)CC1CCCCC1. The second-order valence-corrected chi connectivity index (χ2v) is 10.2. The Balaban J connectivity index is 1.67. The predicted octanol–water partition coefficient (Wildman–Crippen LogP) is 1.45. The summed E-state index contributed by atoms with van der Waals surface area (Å²) in [6.07, 6.45) is 7.66. The lowest BCUT2D eigenvalue weighted by Gasteiger charge is -2.24. The number of rotatable bonds is 5. The maximum atomic E-state index is 11.8. The van der Waals surface area contributed by atoms with Crippen molar-refractivity contribution in [1.29, 1.82) is 0 Å². The Morgan fingerprint density at radius 1 is 1.17 bits per heavy atom. The fraction of sp³-hybridized carbons (Fsp3) is 0.833. The first-order valence-corrected chi connectivity index (χ1v) is 11.2. The molecule has 1 saturated heterocycles. The fourth-order valence-corrected chi connectivity index (χ4v) is 6.23. The lowest BCUT2D eigenvalue weighted by atomic mass is 9.89. The third-order valence-electron chi connectivity index (χ3n) is 5.87. The number of hydrogen-bond acceptors (Lipinski definition) is 3. The maximum Gasteiger partial charge on any atom is 0.152 e. The van der Waals surface area contributed by atoms with Crippen LogP contribution in [-0.4, -0.2) is 43.3 Å². The molecule has 2 atom stereocenters. The first kappa shape index (κ1) is 17.9. The molecule has 6 heteroatoms. The van der Waals surface area contributed by atoms with Gasteiger partial charge < -0.3 is 4.90 Å². The van der Waals surface area contributed by atoms with Gasteiger partial charge in [-0.2, -0.15) is 5.10 Å². The average molecular weight is 355 g/mol. The first-order valence-electron chi connectivity index (χ1n) is 9.42. The summed E-state index contributed by atoms with van der Waals surface area (Å²) >= 11 is 0. The van der Waals surface area contributed by atoms with E-state index in [-0.39, 0.29) is 11.8 Å². The Morgan fingerprint density at radius 3 is 2.50 bits per heavy atom. The Labute approximate surface area is 146 Å². The Morgan fingerprint density at radius 2 is 1.88 bits per heavy atom. The Bertz CT molecular complexity index is 675. The summed E-state index contributed by atoms with van der Waals surface area (Å²) in [5, 5.41) is 4.70. The van der Waals surface area contributed by atoms with Gasteiger partial charge in [0.15, 0.2) is 9.84 Å². The molecule has 1 saturated carbocycles. The van der Waals surface area contributed by atoms with Gasteiger partial charge in [0.2, 0.25) is 0 Å². The number of quaternary nitrogens is 1. The van der Waals surface area contributed by atoms with Crippen LogP contribution >= 0.6 is 0 Å². The second kappa shape index (κ2) is 7.16. The topological polar surface area (TPSA) is 56.4 Å². The van der Waals surface area contributed by atoms with E-state index in [1.165, 1.54) is 44.2 Å². The number of sulfone groups is 1. The van der Waals surface area contributed by atoms with E-state index in [4.69, 9.17) is 5.10 Å².